The molecule has 0 bridgehead atoms. The van der Waals surface area contributed by atoms with Crippen LogP contribution in [0.3, 0.4) is 0 Å². The molecule has 0 aliphatic rings. The first kappa shape index (κ1) is 19.7. The van der Waals surface area contributed by atoms with Gasteiger partial charge in [0.2, 0.25) is 0 Å². The van der Waals surface area contributed by atoms with Crippen LogP contribution in [-0.4, -0.2) is 6.10 Å². The average Bonchev–Trinajstić information content (AvgIpc) is 2.61. The summed E-state index contributed by atoms with van der Waals surface area (Å²) in [7, 11) is 0. The minimum absolute atomic E-state index is 0.0389. The first-order valence-electron chi connectivity index (χ1n) is 8.42. The minimum Gasteiger partial charge on any atom is -0.490 e. The number of rotatable bonds is 5. The third-order valence-corrected chi connectivity index (χ3v) is 5.72. The quantitative estimate of drug-likeness (QED) is 0.261. The standard InChI is InChI=1S/C21H20I2O3/c1-12(2)25-19-8-13(3)4-6-15(19)21-17(11-23)20(24)16-9-14(10-22)5-7-18(16)26-21/h4-9,12H,10-11H2,1-3H3. The Hall–Kier alpha value is -1.09. The lowest BCUT2D eigenvalue weighted by Crippen LogP contribution is -2.11. The van der Waals surface area contributed by atoms with Gasteiger partial charge >= 0.3 is 0 Å². The maximum Gasteiger partial charge on any atom is 0.197 e. The summed E-state index contributed by atoms with van der Waals surface area (Å²) < 4.78 is 13.7. The second-order valence-corrected chi connectivity index (χ2v) is 8.03. The van der Waals surface area contributed by atoms with Crippen molar-refractivity contribution >= 4 is 56.2 Å². The van der Waals surface area contributed by atoms with Gasteiger partial charge in [-0.1, -0.05) is 57.3 Å². The van der Waals surface area contributed by atoms with Gasteiger partial charge in [0.1, 0.15) is 17.1 Å². The molecule has 0 saturated carbocycles. The third-order valence-electron chi connectivity index (χ3n) is 4.08. The van der Waals surface area contributed by atoms with Gasteiger partial charge in [-0.2, -0.15) is 0 Å². The molecular formula is C21H20I2O3. The Labute approximate surface area is 180 Å². The normalized spacial score (nSPS) is 11.3. The molecule has 136 valence electrons. The van der Waals surface area contributed by atoms with Gasteiger partial charge in [0, 0.05) is 8.86 Å². The molecule has 3 nitrogen and oxygen atoms in total. The van der Waals surface area contributed by atoms with Crippen molar-refractivity contribution in [3.8, 4) is 17.1 Å². The smallest absolute Gasteiger partial charge is 0.197 e. The van der Waals surface area contributed by atoms with Gasteiger partial charge in [-0.05, 0) is 56.2 Å². The fraction of sp³-hybridized carbons (Fsp3) is 0.286. The summed E-state index contributed by atoms with van der Waals surface area (Å²) >= 11 is 4.52. The molecule has 0 atom stereocenters. The topological polar surface area (TPSA) is 39.4 Å². The zero-order valence-electron chi connectivity index (χ0n) is 14.9. The molecule has 0 fully saturated rings. The van der Waals surface area contributed by atoms with E-state index in [0.717, 1.165) is 26.9 Å². The van der Waals surface area contributed by atoms with Gasteiger partial charge in [-0.15, -0.1) is 0 Å². The van der Waals surface area contributed by atoms with E-state index in [-0.39, 0.29) is 11.5 Å². The molecule has 0 radical (unpaired) electrons. The molecule has 3 rings (SSSR count). The molecule has 0 amide bonds. The molecule has 26 heavy (non-hydrogen) atoms. The van der Waals surface area contributed by atoms with Crippen LogP contribution in [0.2, 0.25) is 0 Å². The lowest BCUT2D eigenvalue weighted by Gasteiger charge is -2.16. The van der Waals surface area contributed by atoms with Gasteiger partial charge in [-0.25, -0.2) is 0 Å². The fourth-order valence-corrected chi connectivity index (χ4v) is 4.04. The van der Waals surface area contributed by atoms with Crippen molar-refractivity contribution in [2.45, 2.75) is 35.7 Å². The van der Waals surface area contributed by atoms with Crippen molar-refractivity contribution in [1.82, 2.24) is 0 Å². The van der Waals surface area contributed by atoms with E-state index in [1.807, 2.05) is 57.2 Å². The monoisotopic (exact) mass is 574 g/mol. The molecule has 1 heterocycles. The predicted molar refractivity (Wildman–Crippen MR) is 124 cm³/mol. The Bertz CT molecular complexity index is 1010. The number of hydrogen-bond acceptors (Lipinski definition) is 3. The van der Waals surface area contributed by atoms with E-state index in [1.165, 1.54) is 0 Å². The van der Waals surface area contributed by atoms with Crippen LogP contribution < -0.4 is 10.2 Å². The van der Waals surface area contributed by atoms with E-state index in [0.29, 0.717) is 26.7 Å². The van der Waals surface area contributed by atoms with Crippen molar-refractivity contribution < 1.29 is 9.15 Å². The maximum absolute atomic E-state index is 13.1. The predicted octanol–water partition coefficient (Wildman–Crippen LogP) is 6.43. The summed E-state index contributed by atoms with van der Waals surface area (Å²) in [5, 5.41) is 0.646. The van der Waals surface area contributed by atoms with Gasteiger partial charge in [0.15, 0.2) is 5.43 Å². The molecule has 1 aromatic heterocycles. The zero-order chi connectivity index (χ0) is 18.8. The second kappa shape index (κ2) is 8.29. The molecule has 0 N–H and O–H groups in total. The summed E-state index contributed by atoms with van der Waals surface area (Å²) in [6.45, 7) is 6.01. The number of benzene rings is 2. The molecular weight excluding hydrogens is 554 g/mol. The number of hydrogen-bond donors (Lipinski definition) is 0. The van der Waals surface area contributed by atoms with Crippen LogP contribution >= 0.6 is 45.2 Å². The van der Waals surface area contributed by atoms with E-state index < -0.39 is 0 Å². The molecule has 0 spiro atoms. The largest absolute Gasteiger partial charge is 0.490 e. The number of alkyl halides is 2. The van der Waals surface area contributed by atoms with Crippen molar-refractivity contribution in [2.24, 2.45) is 0 Å². The lowest BCUT2D eigenvalue weighted by atomic mass is 10.0. The summed E-state index contributed by atoms with van der Waals surface area (Å²) in [4.78, 5) is 13.1. The molecule has 5 heteroatoms. The number of ether oxygens (including phenoxy) is 1. The van der Waals surface area contributed by atoms with E-state index in [1.54, 1.807) is 0 Å². The van der Waals surface area contributed by atoms with Crippen LogP contribution in [0.25, 0.3) is 22.3 Å². The summed E-state index contributed by atoms with van der Waals surface area (Å²) in [5.41, 5.74) is 4.39. The van der Waals surface area contributed by atoms with Gasteiger partial charge in [0.05, 0.1) is 22.6 Å². The lowest BCUT2D eigenvalue weighted by molar-refractivity contribution is 0.243. The zero-order valence-corrected chi connectivity index (χ0v) is 19.3. The van der Waals surface area contributed by atoms with Crippen LogP contribution in [0.5, 0.6) is 5.75 Å². The number of halogens is 2. The SMILES string of the molecule is Cc1ccc(-c2oc3ccc(CI)cc3c(=O)c2CI)c(OC(C)C)c1. The van der Waals surface area contributed by atoms with Crippen LogP contribution in [0.15, 0.2) is 45.6 Å². The fourth-order valence-electron chi connectivity index (χ4n) is 2.87. The van der Waals surface area contributed by atoms with Crippen LogP contribution in [-0.2, 0) is 8.86 Å². The second-order valence-electron chi connectivity index (χ2n) is 6.50. The Morgan fingerprint density at radius 2 is 1.85 bits per heavy atom. The Morgan fingerprint density at radius 3 is 2.50 bits per heavy atom. The van der Waals surface area contributed by atoms with Gasteiger partial charge < -0.3 is 9.15 Å². The van der Waals surface area contributed by atoms with Crippen LogP contribution in [0.4, 0.5) is 0 Å². The van der Waals surface area contributed by atoms with E-state index in [2.05, 4.69) is 45.2 Å². The van der Waals surface area contributed by atoms with Crippen molar-refractivity contribution in [2.75, 3.05) is 0 Å². The Kier molecular flexibility index (Phi) is 6.27. The van der Waals surface area contributed by atoms with Gasteiger partial charge in [-0.3, -0.25) is 4.79 Å². The van der Waals surface area contributed by atoms with Crippen molar-refractivity contribution in [1.29, 1.82) is 0 Å². The first-order valence-corrected chi connectivity index (χ1v) is 11.5. The van der Waals surface area contributed by atoms with E-state index in [4.69, 9.17) is 9.15 Å². The Balaban J connectivity index is 2.30. The Morgan fingerprint density at radius 1 is 1.08 bits per heavy atom. The maximum atomic E-state index is 13.1. The van der Waals surface area contributed by atoms with Gasteiger partial charge in [0.25, 0.3) is 0 Å². The summed E-state index contributed by atoms with van der Waals surface area (Å²) in [6.07, 6.45) is 0.0389. The molecule has 0 unspecified atom stereocenters. The highest BCUT2D eigenvalue weighted by molar-refractivity contribution is 14.1. The van der Waals surface area contributed by atoms with Crippen LogP contribution in [0, 0.1) is 6.92 Å². The summed E-state index contributed by atoms with van der Waals surface area (Å²) in [5.74, 6) is 1.35. The number of aryl methyl sites for hydroxylation is 1. The average molecular weight is 574 g/mol. The third kappa shape index (κ3) is 3.93. The first-order chi connectivity index (χ1) is 12.4. The van der Waals surface area contributed by atoms with Crippen molar-refractivity contribution in [3.63, 3.8) is 0 Å². The van der Waals surface area contributed by atoms with E-state index >= 15 is 0 Å². The minimum atomic E-state index is 0.0389. The highest BCUT2D eigenvalue weighted by atomic mass is 127. The highest BCUT2D eigenvalue weighted by Crippen LogP contribution is 2.35. The van der Waals surface area contributed by atoms with E-state index in [9.17, 15) is 4.79 Å². The van der Waals surface area contributed by atoms with Crippen LogP contribution in [0.1, 0.15) is 30.5 Å². The highest BCUT2D eigenvalue weighted by Gasteiger charge is 2.19. The molecule has 0 aliphatic carbocycles. The number of fused-ring (bicyclic) bond motifs is 1. The molecule has 3 aromatic rings. The van der Waals surface area contributed by atoms with Crippen molar-refractivity contribution in [3.05, 3.63) is 63.3 Å². The molecule has 2 aromatic carbocycles. The summed E-state index contributed by atoms with van der Waals surface area (Å²) in [6, 6.07) is 11.8. The molecule has 0 saturated heterocycles. The molecule has 0 aliphatic heterocycles.